The van der Waals surface area contributed by atoms with Crippen LogP contribution in [0.15, 0.2) is 36.7 Å². The topological polar surface area (TPSA) is 75.0 Å². The van der Waals surface area contributed by atoms with E-state index in [9.17, 15) is 4.79 Å². The second kappa shape index (κ2) is 6.10. The minimum Gasteiger partial charge on any atom is -0.339 e. The van der Waals surface area contributed by atoms with Crippen molar-refractivity contribution in [3.8, 4) is 11.1 Å². The number of benzene rings is 1. The number of nitrogens with two attached hydrogens (primary N) is 1. The number of hydrogen-bond acceptors (Lipinski definition) is 3. The highest BCUT2D eigenvalue weighted by Crippen LogP contribution is 2.21. The Morgan fingerprint density at radius 2 is 1.95 bits per heavy atom. The summed E-state index contributed by atoms with van der Waals surface area (Å²) in [6, 6.07) is 7.70. The maximum absolute atomic E-state index is 12.5. The van der Waals surface area contributed by atoms with Crippen molar-refractivity contribution < 1.29 is 4.79 Å². The molecule has 110 valence electrons. The Hall–Kier alpha value is -2.14. The van der Waals surface area contributed by atoms with E-state index in [0.717, 1.165) is 49.2 Å². The number of aromatic nitrogens is 2. The molecule has 1 aliphatic heterocycles. The van der Waals surface area contributed by atoms with Crippen LogP contribution in [0.25, 0.3) is 11.1 Å². The number of amides is 1. The second-order valence-corrected chi connectivity index (χ2v) is 5.54. The van der Waals surface area contributed by atoms with Gasteiger partial charge in [-0.1, -0.05) is 12.1 Å². The van der Waals surface area contributed by atoms with E-state index in [2.05, 4.69) is 10.2 Å². The molecule has 0 bridgehead atoms. The first-order chi connectivity index (χ1) is 10.3. The van der Waals surface area contributed by atoms with Crippen molar-refractivity contribution in [2.75, 3.05) is 19.6 Å². The van der Waals surface area contributed by atoms with E-state index in [-0.39, 0.29) is 5.91 Å². The number of carbonyl (C=O) groups is 1. The molecular weight excluding hydrogens is 264 g/mol. The third-order valence-electron chi connectivity index (χ3n) is 4.20. The number of likely N-dealkylation sites (tertiary alicyclic amines) is 1. The van der Waals surface area contributed by atoms with Crippen LogP contribution in [-0.2, 0) is 0 Å². The maximum Gasteiger partial charge on any atom is 0.253 e. The lowest BCUT2D eigenvalue weighted by Crippen LogP contribution is -2.40. The standard InChI is InChI=1S/C16H20N4O/c17-9-12-5-7-20(8-6-12)16(21)14-3-1-13(2-4-14)15-10-18-19-11-15/h1-4,10-12H,5-9,17H2,(H,18,19). The monoisotopic (exact) mass is 284 g/mol. The third-order valence-corrected chi connectivity index (χ3v) is 4.20. The Morgan fingerprint density at radius 3 is 2.52 bits per heavy atom. The highest BCUT2D eigenvalue weighted by atomic mass is 16.2. The van der Waals surface area contributed by atoms with Gasteiger partial charge in [0.2, 0.25) is 0 Å². The first-order valence-electron chi connectivity index (χ1n) is 7.36. The summed E-state index contributed by atoms with van der Waals surface area (Å²) in [7, 11) is 0. The molecule has 1 aliphatic rings. The summed E-state index contributed by atoms with van der Waals surface area (Å²) in [5, 5.41) is 6.73. The average Bonchev–Trinajstić information content (AvgIpc) is 3.09. The molecular formula is C16H20N4O. The summed E-state index contributed by atoms with van der Waals surface area (Å²) >= 11 is 0. The number of piperidine rings is 1. The van der Waals surface area contributed by atoms with Crippen molar-refractivity contribution in [3.63, 3.8) is 0 Å². The minimum absolute atomic E-state index is 0.115. The van der Waals surface area contributed by atoms with Gasteiger partial charge < -0.3 is 10.6 Å². The van der Waals surface area contributed by atoms with Crippen LogP contribution in [0.3, 0.4) is 0 Å². The van der Waals surface area contributed by atoms with Gasteiger partial charge in [-0.3, -0.25) is 9.89 Å². The lowest BCUT2D eigenvalue weighted by Gasteiger charge is -2.31. The number of nitrogens with one attached hydrogen (secondary N) is 1. The normalized spacial score (nSPS) is 16.1. The van der Waals surface area contributed by atoms with E-state index >= 15 is 0 Å². The summed E-state index contributed by atoms with van der Waals surface area (Å²) in [6.07, 6.45) is 5.63. The Kier molecular flexibility index (Phi) is 4.01. The molecule has 3 N–H and O–H groups in total. The molecule has 0 atom stereocenters. The lowest BCUT2D eigenvalue weighted by molar-refractivity contribution is 0.0693. The Bertz CT molecular complexity index is 583. The number of nitrogens with zero attached hydrogens (tertiary/aromatic N) is 2. The molecule has 21 heavy (non-hydrogen) atoms. The van der Waals surface area contributed by atoms with E-state index in [4.69, 9.17) is 5.73 Å². The largest absolute Gasteiger partial charge is 0.339 e. The molecule has 1 aromatic heterocycles. The molecule has 1 aromatic carbocycles. The zero-order valence-corrected chi connectivity index (χ0v) is 12.0. The van der Waals surface area contributed by atoms with Gasteiger partial charge in [-0.25, -0.2) is 0 Å². The average molecular weight is 284 g/mol. The van der Waals surface area contributed by atoms with Crippen LogP contribution < -0.4 is 5.73 Å². The summed E-state index contributed by atoms with van der Waals surface area (Å²) < 4.78 is 0. The third kappa shape index (κ3) is 2.97. The van der Waals surface area contributed by atoms with Crippen LogP contribution in [0.5, 0.6) is 0 Å². The van der Waals surface area contributed by atoms with E-state index in [1.54, 1.807) is 6.20 Å². The van der Waals surface area contributed by atoms with Crippen LogP contribution in [-0.4, -0.2) is 40.6 Å². The zero-order valence-electron chi connectivity index (χ0n) is 12.0. The molecule has 1 fully saturated rings. The Morgan fingerprint density at radius 1 is 1.24 bits per heavy atom. The van der Waals surface area contributed by atoms with Crippen molar-refractivity contribution in [1.29, 1.82) is 0 Å². The van der Waals surface area contributed by atoms with Crippen molar-refractivity contribution in [2.24, 2.45) is 11.7 Å². The Labute approximate surface area is 124 Å². The van der Waals surface area contributed by atoms with Gasteiger partial charge in [0.25, 0.3) is 5.91 Å². The summed E-state index contributed by atoms with van der Waals surface area (Å²) in [6.45, 7) is 2.34. The molecule has 0 aliphatic carbocycles. The zero-order chi connectivity index (χ0) is 14.7. The molecule has 1 saturated heterocycles. The van der Waals surface area contributed by atoms with Crippen LogP contribution in [0, 0.1) is 5.92 Å². The molecule has 1 amide bonds. The van der Waals surface area contributed by atoms with Gasteiger partial charge in [0.15, 0.2) is 0 Å². The number of H-pyrrole nitrogens is 1. The number of rotatable bonds is 3. The van der Waals surface area contributed by atoms with Crippen LogP contribution >= 0.6 is 0 Å². The molecule has 5 nitrogen and oxygen atoms in total. The van der Waals surface area contributed by atoms with Gasteiger partial charge in [-0.15, -0.1) is 0 Å². The fourth-order valence-electron chi connectivity index (χ4n) is 2.77. The van der Waals surface area contributed by atoms with E-state index in [1.807, 2.05) is 35.4 Å². The van der Waals surface area contributed by atoms with Gasteiger partial charge in [0.1, 0.15) is 0 Å². The first-order valence-corrected chi connectivity index (χ1v) is 7.36. The van der Waals surface area contributed by atoms with Crippen LogP contribution in [0.4, 0.5) is 0 Å². The van der Waals surface area contributed by atoms with Gasteiger partial charge in [-0.2, -0.15) is 5.10 Å². The van der Waals surface area contributed by atoms with Crippen molar-refractivity contribution in [1.82, 2.24) is 15.1 Å². The predicted molar refractivity (Wildman–Crippen MR) is 81.7 cm³/mol. The fourth-order valence-corrected chi connectivity index (χ4v) is 2.77. The summed E-state index contributed by atoms with van der Waals surface area (Å²) in [5.74, 6) is 0.682. The molecule has 2 heterocycles. The Balaban J connectivity index is 1.68. The van der Waals surface area contributed by atoms with Gasteiger partial charge in [0.05, 0.1) is 6.20 Å². The SMILES string of the molecule is NCC1CCN(C(=O)c2ccc(-c3cn[nH]c3)cc2)CC1. The number of hydrogen-bond donors (Lipinski definition) is 2. The first kappa shape index (κ1) is 13.8. The number of aromatic amines is 1. The number of carbonyl (C=O) groups excluding carboxylic acids is 1. The minimum atomic E-state index is 0.115. The van der Waals surface area contributed by atoms with Crippen molar-refractivity contribution >= 4 is 5.91 Å². The summed E-state index contributed by atoms with van der Waals surface area (Å²) in [5.41, 5.74) is 8.52. The van der Waals surface area contributed by atoms with E-state index in [0.29, 0.717) is 5.92 Å². The lowest BCUT2D eigenvalue weighted by atomic mass is 9.96. The fraction of sp³-hybridized carbons (Fsp3) is 0.375. The predicted octanol–water partition coefficient (Wildman–Crippen LogP) is 1.89. The molecule has 0 unspecified atom stereocenters. The molecule has 0 saturated carbocycles. The quantitative estimate of drug-likeness (QED) is 0.903. The van der Waals surface area contributed by atoms with E-state index in [1.165, 1.54) is 0 Å². The van der Waals surface area contributed by atoms with Crippen molar-refractivity contribution in [3.05, 3.63) is 42.2 Å². The molecule has 0 radical (unpaired) electrons. The van der Waals surface area contributed by atoms with Crippen LogP contribution in [0.2, 0.25) is 0 Å². The highest BCUT2D eigenvalue weighted by Gasteiger charge is 2.22. The molecule has 2 aromatic rings. The van der Waals surface area contributed by atoms with E-state index < -0.39 is 0 Å². The molecule has 3 rings (SSSR count). The van der Waals surface area contributed by atoms with Crippen LogP contribution in [0.1, 0.15) is 23.2 Å². The van der Waals surface area contributed by atoms with Gasteiger partial charge >= 0.3 is 0 Å². The highest BCUT2D eigenvalue weighted by molar-refractivity contribution is 5.94. The van der Waals surface area contributed by atoms with Gasteiger partial charge in [0, 0.05) is 30.4 Å². The van der Waals surface area contributed by atoms with Gasteiger partial charge in [-0.05, 0) is 43.0 Å². The van der Waals surface area contributed by atoms with Crippen molar-refractivity contribution in [2.45, 2.75) is 12.8 Å². The smallest absolute Gasteiger partial charge is 0.253 e. The second-order valence-electron chi connectivity index (χ2n) is 5.54. The summed E-state index contributed by atoms with van der Waals surface area (Å²) in [4.78, 5) is 14.4. The molecule has 5 heteroatoms. The molecule has 0 spiro atoms. The maximum atomic E-state index is 12.5.